The summed E-state index contributed by atoms with van der Waals surface area (Å²) in [6, 6.07) is 0. The molecule has 0 aromatic rings. The highest BCUT2D eigenvalue weighted by atomic mass is 16.5. The van der Waals surface area contributed by atoms with Crippen LogP contribution in [0.25, 0.3) is 0 Å². The van der Waals surface area contributed by atoms with E-state index in [1.54, 1.807) is 25.5 Å². The van der Waals surface area contributed by atoms with Crippen molar-refractivity contribution in [3.8, 4) is 0 Å². The van der Waals surface area contributed by atoms with Crippen LogP contribution in [0.4, 0.5) is 0 Å². The van der Waals surface area contributed by atoms with E-state index in [1.807, 2.05) is 39.8 Å². The zero-order valence-electron chi connectivity index (χ0n) is 23.7. The van der Waals surface area contributed by atoms with E-state index in [0.29, 0.717) is 16.7 Å². The van der Waals surface area contributed by atoms with Crippen LogP contribution in [0.1, 0.15) is 119 Å². The Morgan fingerprint density at radius 1 is 0.794 bits per heavy atom. The molecule has 0 aliphatic heterocycles. The maximum absolute atomic E-state index is 11.8. The third-order valence-electron chi connectivity index (χ3n) is 10.6. The van der Waals surface area contributed by atoms with Crippen molar-refractivity contribution in [3.63, 3.8) is 0 Å². The molecule has 2 nitrogen and oxygen atoms in total. The molecule has 0 aromatic heterocycles. The first kappa shape index (κ1) is 29.2. The number of allylic oxidation sites excluding steroid dienone is 4. The second kappa shape index (κ2) is 12.3. The Balaban J connectivity index is 0.000000291. The van der Waals surface area contributed by atoms with Crippen LogP contribution in [-0.4, -0.2) is 17.8 Å². The topological polar surface area (TPSA) is 29.5 Å². The van der Waals surface area contributed by atoms with Gasteiger partial charge in [0.15, 0.2) is 0 Å². The van der Waals surface area contributed by atoms with Crippen LogP contribution in [-0.2, 0) is 4.74 Å². The minimum absolute atomic E-state index is 0.227. The first-order valence-corrected chi connectivity index (χ1v) is 14.6. The smallest absolute Gasteiger partial charge is 0.0824 e. The Kier molecular flexibility index (Phi) is 10.6. The highest BCUT2D eigenvalue weighted by Gasteiger charge is 2.73. The molecule has 34 heavy (non-hydrogen) atoms. The molecule has 5 aliphatic carbocycles. The van der Waals surface area contributed by atoms with Crippen LogP contribution < -0.4 is 0 Å². The molecule has 0 saturated heterocycles. The molecule has 0 amide bonds. The number of aliphatic hydroxyl groups is 1. The summed E-state index contributed by atoms with van der Waals surface area (Å²) < 4.78 is 4.62. The molecule has 0 radical (unpaired) electrons. The van der Waals surface area contributed by atoms with E-state index in [2.05, 4.69) is 25.2 Å². The molecule has 1 N–H and O–H groups in total. The predicted molar refractivity (Wildman–Crippen MR) is 148 cm³/mol. The molecule has 2 heteroatoms. The van der Waals surface area contributed by atoms with Crippen LogP contribution >= 0.6 is 0 Å². The average Bonchev–Trinajstić information content (AvgIpc) is 3.59. The molecule has 1 spiro atoms. The van der Waals surface area contributed by atoms with Crippen molar-refractivity contribution in [2.24, 2.45) is 34.0 Å². The van der Waals surface area contributed by atoms with E-state index >= 15 is 0 Å². The fraction of sp³-hybridized carbons (Fsp3) is 0.812. The van der Waals surface area contributed by atoms with E-state index in [-0.39, 0.29) is 11.0 Å². The van der Waals surface area contributed by atoms with Crippen LogP contribution in [0.5, 0.6) is 0 Å². The second-order valence-electron chi connectivity index (χ2n) is 11.5. The lowest BCUT2D eigenvalue weighted by Gasteiger charge is -2.66. The molecule has 7 atom stereocenters. The van der Waals surface area contributed by atoms with Gasteiger partial charge in [0.1, 0.15) is 0 Å². The fourth-order valence-electron chi connectivity index (χ4n) is 8.86. The Morgan fingerprint density at radius 3 is 2.15 bits per heavy atom. The normalized spacial score (nSPS) is 43.7. The highest BCUT2D eigenvalue weighted by Crippen LogP contribution is 2.79. The van der Waals surface area contributed by atoms with Gasteiger partial charge in [-0.3, -0.25) is 0 Å². The number of hydrogen-bond donors (Lipinski definition) is 1. The summed E-state index contributed by atoms with van der Waals surface area (Å²) in [6.45, 7) is 16.6. The lowest BCUT2D eigenvalue weighted by Crippen LogP contribution is -2.64. The average molecular weight is 473 g/mol. The van der Waals surface area contributed by atoms with E-state index in [4.69, 9.17) is 0 Å². The van der Waals surface area contributed by atoms with Gasteiger partial charge < -0.3 is 9.84 Å². The van der Waals surface area contributed by atoms with Crippen molar-refractivity contribution < 1.29 is 9.84 Å². The minimum atomic E-state index is -0.333. The lowest BCUT2D eigenvalue weighted by atomic mass is 9.41. The summed E-state index contributed by atoms with van der Waals surface area (Å²) in [7, 11) is 1.61. The third kappa shape index (κ3) is 4.95. The first-order chi connectivity index (χ1) is 16.4. The van der Waals surface area contributed by atoms with Gasteiger partial charge in [0.05, 0.1) is 19.0 Å². The Bertz CT molecular complexity index is 671. The van der Waals surface area contributed by atoms with Gasteiger partial charge in [0.25, 0.3) is 0 Å². The van der Waals surface area contributed by atoms with Crippen LogP contribution in [0.2, 0.25) is 0 Å². The zero-order chi connectivity index (χ0) is 25.5. The molecular formula is C32H56O2. The molecule has 196 valence electrons. The number of hydrogen-bond acceptors (Lipinski definition) is 2. The third-order valence-corrected chi connectivity index (χ3v) is 10.6. The van der Waals surface area contributed by atoms with Gasteiger partial charge in [-0.1, -0.05) is 85.6 Å². The Morgan fingerprint density at radius 2 is 1.47 bits per heavy atom. The van der Waals surface area contributed by atoms with Gasteiger partial charge in [-0.25, -0.2) is 0 Å². The molecule has 5 rings (SSSR count). The summed E-state index contributed by atoms with van der Waals surface area (Å²) >= 11 is 0. The summed E-state index contributed by atoms with van der Waals surface area (Å²) in [5, 5.41) is 11.8. The first-order valence-electron chi connectivity index (χ1n) is 14.6. The molecule has 0 heterocycles. The van der Waals surface area contributed by atoms with E-state index in [9.17, 15) is 5.11 Å². The number of rotatable bonds is 3. The number of ether oxygens (including phenoxy) is 1. The standard InChI is InChI=1S/C21H34O.C7H10O.2C2H6/c1-18-9-3-4-11-21(18,22)17-8-13-20-14-15(20)6-5-10-19(20,2)16(17)7-12-18;1-3-4-5-6-7-8-2;2*1-2/h15-17,22H,3-14H2,1-2H3;3-7H,1H2,2H3;2*1-2H3/b;5-4-,7-6-;;. The molecule has 0 aromatic carbocycles. The van der Waals surface area contributed by atoms with Crippen LogP contribution in [0.15, 0.2) is 37.1 Å². The SMILES string of the molecule is C=C/C=C\C=C/OC.CC.CC.CC12CCCCC1(O)C1CCC34CC3CCCC4(C)C1CC2. The minimum Gasteiger partial charge on any atom is -0.504 e. The van der Waals surface area contributed by atoms with Crippen molar-refractivity contribution in [2.45, 2.75) is 124 Å². The second-order valence-corrected chi connectivity index (χ2v) is 11.5. The molecule has 0 bridgehead atoms. The molecule has 5 saturated carbocycles. The highest BCUT2D eigenvalue weighted by molar-refractivity contribution is 5.22. The van der Waals surface area contributed by atoms with Gasteiger partial charge in [-0.2, -0.15) is 0 Å². The predicted octanol–water partition coefficient (Wildman–Crippen LogP) is 9.26. The van der Waals surface area contributed by atoms with Gasteiger partial charge in [-0.15, -0.1) is 0 Å². The van der Waals surface area contributed by atoms with E-state index < -0.39 is 0 Å². The Hall–Kier alpha value is -1.02. The zero-order valence-corrected chi connectivity index (χ0v) is 23.7. The van der Waals surface area contributed by atoms with Gasteiger partial charge in [0, 0.05) is 0 Å². The van der Waals surface area contributed by atoms with Gasteiger partial charge in [0.2, 0.25) is 0 Å². The van der Waals surface area contributed by atoms with Crippen LogP contribution in [0.3, 0.4) is 0 Å². The summed E-state index contributed by atoms with van der Waals surface area (Å²) in [4.78, 5) is 0. The van der Waals surface area contributed by atoms with Gasteiger partial charge >= 0.3 is 0 Å². The van der Waals surface area contributed by atoms with Crippen molar-refractivity contribution >= 4 is 0 Å². The van der Waals surface area contributed by atoms with Crippen molar-refractivity contribution in [1.29, 1.82) is 0 Å². The van der Waals surface area contributed by atoms with Crippen LogP contribution in [0, 0.1) is 34.0 Å². The summed E-state index contributed by atoms with van der Waals surface area (Å²) in [5.74, 6) is 2.49. The Labute approximate surface area is 212 Å². The lowest BCUT2D eigenvalue weighted by molar-refractivity contribution is -0.230. The largest absolute Gasteiger partial charge is 0.504 e. The summed E-state index contributed by atoms with van der Waals surface area (Å²) in [5.41, 5.74) is 1.17. The number of methoxy groups -OCH3 is 1. The quantitative estimate of drug-likeness (QED) is 0.327. The molecule has 5 fully saturated rings. The van der Waals surface area contributed by atoms with Gasteiger partial charge in [-0.05, 0) is 97.9 Å². The molecular weight excluding hydrogens is 416 g/mol. The summed E-state index contributed by atoms with van der Waals surface area (Å²) in [6.07, 6.45) is 25.2. The van der Waals surface area contributed by atoms with E-state index in [0.717, 1.165) is 18.3 Å². The molecule has 7 unspecified atom stereocenters. The maximum Gasteiger partial charge on any atom is 0.0824 e. The van der Waals surface area contributed by atoms with Crippen molar-refractivity contribution in [2.75, 3.05) is 7.11 Å². The monoisotopic (exact) mass is 472 g/mol. The van der Waals surface area contributed by atoms with Crippen molar-refractivity contribution in [1.82, 2.24) is 0 Å². The van der Waals surface area contributed by atoms with Crippen molar-refractivity contribution in [3.05, 3.63) is 37.1 Å². The molecule has 5 aliphatic rings. The fourth-order valence-corrected chi connectivity index (χ4v) is 8.86. The maximum atomic E-state index is 11.8. The van der Waals surface area contributed by atoms with E-state index in [1.165, 1.54) is 70.6 Å². The number of fused-ring (bicyclic) bond motifs is 4.